The maximum Gasteiger partial charge on any atom is 0.335 e. The van der Waals surface area contributed by atoms with Gasteiger partial charge >= 0.3 is 5.97 Å². The van der Waals surface area contributed by atoms with E-state index >= 15 is 0 Å². The Hall–Kier alpha value is -3.15. The fourth-order valence-corrected chi connectivity index (χ4v) is 2.63. The van der Waals surface area contributed by atoms with Crippen molar-refractivity contribution < 1.29 is 14.7 Å². The van der Waals surface area contributed by atoms with Crippen molar-refractivity contribution in [1.29, 1.82) is 0 Å². The van der Waals surface area contributed by atoms with Crippen LogP contribution in [0.3, 0.4) is 0 Å². The molecule has 1 amide bonds. The topological polar surface area (TPSA) is 84.2 Å². The normalized spacial score (nSPS) is 12.1. The van der Waals surface area contributed by atoms with Crippen molar-refractivity contribution in [1.82, 2.24) is 15.1 Å². The minimum Gasteiger partial charge on any atom is -0.478 e. The third-order valence-corrected chi connectivity index (χ3v) is 3.91. The molecule has 1 aromatic heterocycles. The van der Waals surface area contributed by atoms with E-state index in [4.69, 9.17) is 5.11 Å². The number of hydrogen-bond acceptors (Lipinski definition) is 3. The lowest BCUT2D eigenvalue weighted by atomic mass is 10.0. The van der Waals surface area contributed by atoms with Gasteiger partial charge in [-0.05, 0) is 36.8 Å². The molecule has 122 valence electrons. The fraction of sp³-hybridized carbons (Fsp3) is 0.167. The molecular weight excluding hydrogens is 306 g/mol. The number of fused-ring (bicyclic) bond motifs is 1. The number of rotatable bonds is 4. The van der Waals surface area contributed by atoms with Crippen molar-refractivity contribution in [2.75, 3.05) is 0 Å². The van der Waals surface area contributed by atoms with E-state index in [0.717, 1.165) is 16.5 Å². The summed E-state index contributed by atoms with van der Waals surface area (Å²) in [5.41, 5.74) is 2.39. The van der Waals surface area contributed by atoms with Gasteiger partial charge < -0.3 is 10.4 Å². The van der Waals surface area contributed by atoms with Crippen molar-refractivity contribution >= 4 is 22.8 Å². The molecule has 6 heteroatoms. The number of amides is 1. The molecule has 1 atom stereocenters. The van der Waals surface area contributed by atoms with E-state index in [2.05, 4.69) is 10.4 Å². The molecule has 0 spiro atoms. The molecular formula is C18H17N3O3. The SMILES string of the molecule is C[C@@H](NC(=O)c1cccc2nn(C)cc12)c1ccc(C(=O)O)cc1. The number of carboxylic acids is 1. The number of aromatic nitrogens is 2. The van der Waals surface area contributed by atoms with Gasteiger partial charge in [0.2, 0.25) is 0 Å². The molecule has 0 unspecified atom stereocenters. The van der Waals surface area contributed by atoms with Crippen LogP contribution in [0.1, 0.15) is 39.2 Å². The lowest BCUT2D eigenvalue weighted by Gasteiger charge is -2.15. The van der Waals surface area contributed by atoms with Gasteiger partial charge in [-0.2, -0.15) is 5.10 Å². The first-order valence-corrected chi connectivity index (χ1v) is 7.52. The van der Waals surface area contributed by atoms with E-state index in [1.54, 1.807) is 28.9 Å². The molecule has 0 aliphatic carbocycles. The van der Waals surface area contributed by atoms with Crippen LogP contribution in [0.2, 0.25) is 0 Å². The Morgan fingerprint density at radius 1 is 1.17 bits per heavy atom. The van der Waals surface area contributed by atoms with Crippen molar-refractivity contribution in [3.05, 3.63) is 65.4 Å². The van der Waals surface area contributed by atoms with Gasteiger partial charge in [0.05, 0.1) is 22.7 Å². The Labute approximate surface area is 138 Å². The highest BCUT2D eigenvalue weighted by atomic mass is 16.4. The smallest absolute Gasteiger partial charge is 0.335 e. The maximum atomic E-state index is 12.6. The number of nitrogens with zero attached hydrogens (tertiary/aromatic N) is 2. The summed E-state index contributed by atoms with van der Waals surface area (Å²) >= 11 is 0. The van der Waals surface area contributed by atoms with Crippen LogP contribution in [-0.2, 0) is 7.05 Å². The molecule has 1 heterocycles. The van der Waals surface area contributed by atoms with Crippen LogP contribution in [0.5, 0.6) is 0 Å². The number of benzene rings is 2. The minimum atomic E-state index is -0.971. The Morgan fingerprint density at radius 3 is 2.54 bits per heavy atom. The van der Waals surface area contributed by atoms with E-state index in [-0.39, 0.29) is 17.5 Å². The van der Waals surface area contributed by atoms with E-state index in [1.807, 2.05) is 26.2 Å². The quantitative estimate of drug-likeness (QED) is 0.773. The predicted molar refractivity (Wildman–Crippen MR) is 90.0 cm³/mol. The monoisotopic (exact) mass is 323 g/mol. The lowest BCUT2D eigenvalue weighted by Crippen LogP contribution is -2.26. The van der Waals surface area contributed by atoms with Crippen LogP contribution in [0.4, 0.5) is 0 Å². The van der Waals surface area contributed by atoms with Gasteiger partial charge in [-0.3, -0.25) is 9.48 Å². The molecule has 0 aliphatic heterocycles. The molecule has 3 rings (SSSR count). The van der Waals surface area contributed by atoms with Crippen LogP contribution in [0.25, 0.3) is 10.9 Å². The number of aryl methyl sites for hydroxylation is 1. The predicted octanol–water partition coefficient (Wildman–Crippen LogP) is 2.76. The number of hydrogen-bond donors (Lipinski definition) is 2. The average Bonchev–Trinajstić information content (AvgIpc) is 2.94. The van der Waals surface area contributed by atoms with Gasteiger partial charge in [0.25, 0.3) is 5.91 Å². The van der Waals surface area contributed by atoms with E-state index in [9.17, 15) is 9.59 Å². The standard InChI is InChI=1S/C18H17N3O3/c1-11(12-6-8-13(9-7-12)18(23)24)19-17(22)14-4-3-5-16-15(14)10-21(2)20-16/h3-11H,1-2H3,(H,19,22)(H,23,24)/t11-/m1/s1. The van der Waals surface area contributed by atoms with Crippen LogP contribution >= 0.6 is 0 Å². The Bertz CT molecular complexity index is 913. The van der Waals surface area contributed by atoms with E-state index in [0.29, 0.717) is 5.56 Å². The highest BCUT2D eigenvalue weighted by Crippen LogP contribution is 2.19. The zero-order valence-corrected chi connectivity index (χ0v) is 13.4. The van der Waals surface area contributed by atoms with Crippen LogP contribution < -0.4 is 5.32 Å². The number of carboxylic acid groups (broad SMARTS) is 1. The number of carbonyl (C=O) groups excluding carboxylic acids is 1. The van der Waals surface area contributed by atoms with Gasteiger partial charge in [-0.15, -0.1) is 0 Å². The third kappa shape index (κ3) is 2.99. The van der Waals surface area contributed by atoms with Gasteiger partial charge in [-0.1, -0.05) is 18.2 Å². The maximum absolute atomic E-state index is 12.6. The molecule has 0 saturated heterocycles. The van der Waals surface area contributed by atoms with Gasteiger partial charge in [-0.25, -0.2) is 4.79 Å². The second-order valence-corrected chi connectivity index (χ2v) is 5.66. The number of carbonyl (C=O) groups is 2. The Kier molecular flexibility index (Phi) is 4.04. The summed E-state index contributed by atoms with van der Waals surface area (Å²) in [5.74, 6) is -1.16. The summed E-state index contributed by atoms with van der Waals surface area (Å²) in [6, 6.07) is 11.7. The summed E-state index contributed by atoms with van der Waals surface area (Å²) in [6.07, 6.45) is 1.82. The van der Waals surface area contributed by atoms with E-state index in [1.165, 1.54) is 12.1 Å². The molecule has 24 heavy (non-hydrogen) atoms. The first-order chi connectivity index (χ1) is 11.5. The van der Waals surface area contributed by atoms with Crippen LogP contribution in [-0.4, -0.2) is 26.8 Å². The first kappa shape index (κ1) is 15.7. The number of nitrogens with one attached hydrogen (secondary N) is 1. The zero-order valence-electron chi connectivity index (χ0n) is 13.4. The average molecular weight is 323 g/mol. The van der Waals surface area contributed by atoms with Crippen LogP contribution in [0.15, 0.2) is 48.7 Å². The zero-order chi connectivity index (χ0) is 17.3. The van der Waals surface area contributed by atoms with Gasteiger partial charge in [0.1, 0.15) is 0 Å². The van der Waals surface area contributed by atoms with Crippen LogP contribution in [0, 0.1) is 0 Å². The molecule has 3 aromatic rings. The molecule has 0 radical (unpaired) electrons. The third-order valence-electron chi connectivity index (χ3n) is 3.91. The van der Waals surface area contributed by atoms with Gasteiger partial charge in [0.15, 0.2) is 0 Å². The van der Waals surface area contributed by atoms with Gasteiger partial charge in [0, 0.05) is 18.6 Å². The summed E-state index contributed by atoms with van der Waals surface area (Å²) in [4.78, 5) is 23.5. The molecule has 0 bridgehead atoms. The van der Waals surface area contributed by atoms with Crippen molar-refractivity contribution in [3.63, 3.8) is 0 Å². The Balaban J connectivity index is 1.81. The Morgan fingerprint density at radius 2 is 1.88 bits per heavy atom. The largest absolute Gasteiger partial charge is 0.478 e. The summed E-state index contributed by atoms with van der Waals surface area (Å²) in [6.45, 7) is 1.86. The fourth-order valence-electron chi connectivity index (χ4n) is 2.63. The number of aromatic carboxylic acids is 1. The molecule has 2 N–H and O–H groups in total. The summed E-state index contributed by atoms with van der Waals surface area (Å²) in [5, 5.41) is 17.0. The molecule has 0 fully saturated rings. The van der Waals surface area contributed by atoms with Crippen molar-refractivity contribution in [3.8, 4) is 0 Å². The first-order valence-electron chi connectivity index (χ1n) is 7.52. The molecule has 0 aliphatic rings. The lowest BCUT2D eigenvalue weighted by molar-refractivity contribution is 0.0696. The van der Waals surface area contributed by atoms with Crippen molar-refractivity contribution in [2.45, 2.75) is 13.0 Å². The van der Waals surface area contributed by atoms with Crippen molar-refractivity contribution in [2.24, 2.45) is 7.05 Å². The molecule has 0 saturated carbocycles. The second kappa shape index (κ2) is 6.16. The highest BCUT2D eigenvalue weighted by molar-refractivity contribution is 6.06. The highest BCUT2D eigenvalue weighted by Gasteiger charge is 2.15. The minimum absolute atomic E-state index is 0.191. The van der Waals surface area contributed by atoms with E-state index < -0.39 is 5.97 Å². The summed E-state index contributed by atoms with van der Waals surface area (Å²) < 4.78 is 1.68. The summed E-state index contributed by atoms with van der Waals surface area (Å²) in [7, 11) is 1.81. The molecule has 6 nitrogen and oxygen atoms in total. The molecule has 2 aromatic carbocycles. The second-order valence-electron chi connectivity index (χ2n) is 5.66.